The van der Waals surface area contributed by atoms with Gasteiger partial charge < -0.3 is 19.5 Å². The number of nitrogens with one attached hydrogen (secondary N) is 3. The van der Waals surface area contributed by atoms with E-state index in [0.717, 1.165) is 49.7 Å². The molecule has 1 amide bonds. The molecule has 3 aromatic rings. The van der Waals surface area contributed by atoms with Gasteiger partial charge in [0.15, 0.2) is 18.7 Å². The number of oxazole rings is 1. The molecule has 0 bridgehead atoms. The van der Waals surface area contributed by atoms with Gasteiger partial charge in [-0.3, -0.25) is 4.79 Å². The molecule has 1 aliphatic heterocycles. The molecular weight excluding hydrogens is 347 g/mol. The number of hydrogen-bond acceptors (Lipinski definition) is 3. The Bertz CT molecular complexity index is 884. The lowest BCUT2D eigenvalue weighted by molar-refractivity contribution is -1.02. The van der Waals surface area contributed by atoms with Gasteiger partial charge >= 0.3 is 0 Å². The fourth-order valence-corrected chi connectivity index (χ4v) is 3.49. The van der Waals surface area contributed by atoms with Gasteiger partial charge in [0.05, 0.1) is 0 Å². The molecule has 0 saturated carbocycles. The third-order valence-corrected chi connectivity index (χ3v) is 4.94. The number of halogens is 1. The summed E-state index contributed by atoms with van der Waals surface area (Å²) in [7, 11) is 0. The van der Waals surface area contributed by atoms with Gasteiger partial charge in [0, 0.05) is 5.69 Å². The van der Waals surface area contributed by atoms with Gasteiger partial charge in [0.2, 0.25) is 0 Å². The van der Waals surface area contributed by atoms with Crippen molar-refractivity contribution >= 4 is 22.7 Å². The molecule has 4 rings (SSSR count). The largest absolute Gasteiger partial charge is 0.435 e. The SMILES string of the molecule is O=C(C[NH+]1CC[NH+](Cc2nc3ccccc3o2)CC1)Nc1ccc(F)cc1. The van der Waals surface area contributed by atoms with E-state index in [1.807, 2.05) is 24.3 Å². The Balaban J connectivity index is 1.24. The summed E-state index contributed by atoms with van der Waals surface area (Å²) in [6.07, 6.45) is 0. The van der Waals surface area contributed by atoms with E-state index in [0.29, 0.717) is 12.2 Å². The number of carbonyl (C=O) groups excluding carboxylic acids is 1. The van der Waals surface area contributed by atoms with Crippen molar-refractivity contribution in [2.45, 2.75) is 6.54 Å². The zero-order valence-corrected chi connectivity index (χ0v) is 15.0. The first kappa shape index (κ1) is 17.6. The van der Waals surface area contributed by atoms with Crippen LogP contribution in [0.15, 0.2) is 52.9 Å². The highest BCUT2D eigenvalue weighted by atomic mass is 19.1. The van der Waals surface area contributed by atoms with Crippen LogP contribution in [0.3, 0.4) is 0 Å². The average molecular weight is 370 g/mol. The van der Waals surface area contributed by atoms with Gasteiger partial charge in [0.1, 0.15) is 37.5 Å². The highest BCUT2D eigenvalue weighted by Gasteiger charge is 2.26. The molecule has 1 fully saturated rings. The van der Waals surface area contributed by atoms with Crippen LogP contribution < -0.4 is 15.1 Å². The van der Waals surface area contributed by atoms with Gasteiger partial charge in [-0.05, 0) is 36.4 Å². The minimum atomic E-state index is -0.309. The minimum Gasteiger partial charge on any atom is -0.435 e. The molecule has 0 radical (unpaired) electrons. The standard InChI is InChI=1S/C20H21FN4O2/c21-15-5-7-16(8-6-15)22-19(26)13-24-9-11-25(12-10-24)14-20-23-17-3-1-2-4-18(17)27-20/h1-8H,9-14H2,(H,22,26)/p+2. The Morgan fingerprint density at radius 3 is 2.48 bits per heavy atom. The normalized spacial score (nSPS) is 19.9. The Morgan fingerprint density at radius 1 is 1.04 bits per heavy atom. The molecule has 2 heterocycles. The maximum atomic E-state index is 12.9. The van der Waals surface area contributed by atoms with Crippen LogP contribution in [-0.4, -0.2) is 43.6 Å². The van der Waals surface area contributed by atoms with Crippen molar-refractivity contribution in [2.24, 2.45) is 0 Å². The van der Waals surface area contributed by atoms with E-state index in [1.165, 1.54) is 21.9 Å². The number of hydrogen-bond donors (Lipinski definition) is 3. The molecule has 7 heteroatoms. The molecule has 3 N–H and O–H groups in total. The van der Waals surface area contributed by atoms with Gasteiger partial charge in [-0.15, -0.1) is 0 Å². The molecule has 140 valence electrons. The third kappa shape index (κ3) is 4.50. The van der Waals surface area contributed by atoms with Crippen LogP contribution in [0.25, 0.3) is 11.1 Å². The van der Waals surface area contributed by atoms with Crippen molar-refractivity contribution in [2.75, 3.05) is 38.0 Å². The number of aromatic nitrogens is 1. The van der Waals surface area contributed by atoms with Gasteiger partial charge in [0.25, 0.3) is 11.8 Å². The van der Waals surface area contributed by atoms with Crippen molar-refractivity contribution in [3.05, 3.63) is 60.2 Å². The number of rotatable bonds is 5. The third-order valence-electron chi connectivity index (χ3n) is 4.94. The number of nitrogens with zero attached hydrogens (tertiary/aromatic N) is 1. The van der Waals surface area contributed by atoms with Crippen LogP contribution in [0.4, 0.5) is 10.1 Å². The Hall–Kier alpha value is -2.77. The summed E-state index contributed by atoms with van der Waals surface area (Å²) in [5.41, 5.74) is 2.35. The molecule has 0 atom stereocenters. The summed E-state index contributed by atoms with van der Waals surface area (Å²) < 4.78 is 18.7. The summed E-state index contributed by atoms with van der Waals surface area (Å²) in [4.78, 5) is 19.4. The highest BCUT2D eigenvalue weighted by Crippen LogP contribution is 2.13. The molecule has 1 saturated heterocycles. The monoisotopic (exact) mass is 370 g/mol. The average Bonchev–Trinajstić information content (AvgIpc) is 3.07. The molecular formula is C20H23FN4O2+2. The summed E-state index contributed by atoms with van der Waals surface area (Å²) in [5.74, 6) is 0.416. The van der Waals surface area contributed by atoms with Crippen LogP contribution >= 0.6 is 0 Å². The lowest BCUT2D eigenvalue weighted by Crippen LogP contribution is -3.28. The number of anilines is 1. The summed E-state index contributed by atoms with van der Waals surface area (Å²) in [6.45, 7) is 4.98. The zero-order chi connectivity index (χ0) is 18.6. The maximum Gasteiger partial charge on any atom is 0.279 e. The number of benzene rings is 2. The smallest absolute Gasteiger partial charge is 0.279 e. The first-order chi connectivity index (χ1) is 13.2. The van der Waals surface area contributed by atoms with Crippen molar-refractivity contribution in [1.29, 1.82) is 0 Å². The van der Waals surface area contributed by atoms with E-state index in [2.05, 4.69) is 10.3 Å². The van der Waals surface area contributed by atoms with Crippen LogP contribution in [0.2, 0.25) is 0 Å². The molecule has 2 aromatic carbocycles. The number of piperazine rings is 1. The van der Waals surface area contributed by atoms with Crippen molar-refractivity contribution in [3.63, 3.8) is 0 Å². The number of para-hydroxylation sites is 2. The topological polar surface area (TPSA) is 64.0 Å². The predicted molar refractivity (Wildman–Crippen MR) is 99.0 cm³/mol. The number of amides is 1. The van der Waals surface area contributed by atoms with E-state index < -0.39 is 0 Å². The Labute approximate surface area is 156 Å². The minimum absolute atomic E-state index is 0.0426. The van der Waals surface area contributed by atoms with Crippen LogP contribution in [0.5, 0.6) is 0 Å². The van der Waals surface area contributed by atoms with Crippen molar-refractivity contribution in [3.8, 4) is 0 Å². The Morgan fingerprint density at radius 2 is 1.74 bits per heavy atom. The molecule has 0 spiro atoms. The van der Waals surface area contributed by atoms with Crippen molar-refractivity contribution < 1.29 is 23.4 Å². The second-order valence-corrected chi connectivity index (χ2v) is 6.98. The first-order valence-electron chi connectivity index (χ1n) is 9.23. The lowest BCUT2D eigenvalue weighted by Gasteiger charge is -2.28. The fraction of sp³-hybridized carbons (Fsp3) is 0.300. The summed E-state index contributed by atoms with van der Waals surface area (Å²) >= 11 is 0. The molecule has 1 aromatic heterocycles. The van der Waals surface area contributed by atoms with Crippen LogP contribution in [-0.2, 0) is 11.3 Å². The van der Waals surface area contributed by atoms with Gasteiger partial charge in [-0.1, -0.05) is 12.1 Å². The van der Waals surface area contributed by atoms with Gasteiger partial charge in [-0.2, -0.15) is 0 Å². The highest BCUT2D eigenvalue weighted by molar-refractivity contribution is 5.91. The second kappa shape index (κ2) is 7.85. The quantitative estimate of drug-likeness (QED) is 0.587. The molecule has 1 aliphatic rings. The lowest BCUT2D eigenvalue weighted by atomic mass is 10.3. The number of fused-ring (bicyclic) bond motifs is 1. The zero-order valence-electron chi connectivity index (χ0n) is 15.0. The van der Waals surface area contributed by atoms with E-state index in [-0.39, 0.29) is 11.7 Å². The molecule has 27 heavy (non-hydrogen) atoms. The second-order valence-electron chi connectivity index (χ2n) is 6.98. The Kier molecular flexibility index (Phi) is 5.13. The summed E-state index contributed by atoms with van der Waals surface area (Å²) in [5, 5.41) is 2.82. The number of carbonyl (C=O) groups is 1. The van der Waals surface area contributed by atoms with Gasteiger partial charge in [-0.25, -0.2) is 9.37 Å². The molecule has 0 aliphatic carbocycles. The molecule has 0 unspecified atom stereocenters. The van der Waals surface area contributed by atoms with Crippen molar-refractivity contribution in [1.82, 2.24) is 4.98 Å². The summed E-state index contributed by atoms with van der Waals surface area (Å²) in [6, 6.07) is 13.6. The maximum absolute atomic E-state index is 12.9. The van der Waals surface area contributed by atoms with E-state index in [1.54, 1.807) is 12.1 Å². The van der Waals surface area contributed by atoms with E-state index >= 15 is 0 Å². The van der Waals surface area contributed by atoms with E-state index in [9.17, 15) is 9.18 Å². The fourth-order valence-electron chi connectivity index (χ4n) is 3.49. The van der Waals surface area contributed by atoms with E-state index in [4.69, 9.17) is 4.42 Å². The molecule has 6 nitrogen and oxygen atoms in total. The first-order valence-corrected chi connectivity index (χ1v) is 9.23. The predicted octanol–water partition coefficient (Wildman–Crippen LogP) is -0.111. The number of quaternary nitrogens is 2. The van der Waals surface area contributed by atoms with Crippen LogP contribution in [0.1, 0.15) is 5.89 Å². The van der Waals surface area contributed by atoms with Crippen LogP contribution in [0, 0.1) is 5.82 Å².